The van der Waals surface area contributed by atoms with Crippen molar-refractivity contribution in [2.75, 3.05) is 18.0 Å². The molecule has 0 heterocycles. The molecule has 2 aromatic rings. The summed E-state index contributed by atoms with van der Waals surface area (Å²) < 4.78 is 31.4. The number of nitrogens with zero attached hydrogens (tertiary/aromatic N) is 3. The van der Waals surface area contributed by atoms with Crippen molar-refractivity contribution in [1.82, 2.24) is 0 Å². The largest absolute Gasteiger partial charge is 0.468 e. The first-order valence-corrected chi connectivity index (χ1v) is 9.11. The Morgan fingerprint density at radius 2 is 1.57 bits per heavy atom. The fraction of sp³-hybridized carbons (Fsp3) is 0.188. The third-order valence-electron chi connectivity index (χ3n) is 3.81. The van der Waals surface area contributed by atoms with Crippen LogP contribution < -0.4 is 4.31 Å². The summed E-state index contributed by atoms with van der Waals surface area (Å²) in [5, 5.41) is 21.8. The molecule has 28 heavy (non-hydrogen) atoms. The number of ether oxygens (including phenoxy) is 1. The summed E-state index contributed by atoms with van der Waals surface area (Å²) in [6, 6.07) is 7.62. The summed E-state index contributed by atoms with van der Waals surface area (Å²) in [6.07, 6.45) is 0. The van der Waals surface area contributed by atoms with Gasteiger partial charge in [-0.2, -0.15) is 0 Å². The average Bonchev–Trinajstić information content (AvgIpc) is 2.66. The number of carbonyl (C=O) groups is 1. The summed E-state index contributed by atoms with van der Waals surface area (Å²) >= 11 is 0. The first-order chi connectivity index (χ1) is 13.1. The smallest absolute Gasteiger partial charge is 0.326 e. The third-order valence-corrected chi connectivity index (χ3v) is 5.58. The highest BCUT2D eigenvalue weighted by Crippen LogP contribution is 2.30. The zero-order chi connectivity index (χ0) is 21.1. The van der Waals surface area contributed by atoms with Gasteiger partial charge < -0.3 is 4.74 Å². The molecule has 2 aromatic carbocycles. The molecule has 0 radical (unpaired) electrons. The third kappa shape index (κ3) is 4.23. The maximum absolute atomic E-state index is 13.1. The number of nitro benzene ring substituents is 2. The molecular weight excluding hydrogens is 394 g/mol. The van der Waals surface area contributed by atoms with Gasteiger partial charge in [0.2, 0.25) is 0 Å². The molecule has 0 amide bonds. The monoisotopic (exact) mass is 409 g/mol. The Morgan fingerprint density at radius 1 is 1.04 bits per heavy atom. The molecule has 0 aliphatic rings. The van der Waals surface area contributed by atoms with Crippen LogP contribution in [-0.2, 0) is 19.6 Å². The first kappa shape index (κ1) is 20.8. The van der Waals surface area contributed by atoms with Gasteiger partial charge in [0.15, 0.2) is 0 Å². The van der Waals surface area contributed by atoms with Crippen LogP contribution in [0.25, 0.3) is 0 Å². The van der Waals surface area contributed by atoms with Crippen molar-refractivity contribution in [3.63, 3.8) is 0 Å². The Bertz CT molecular complexity index is 1030. The van der Waals surface area contributed by atoms with Crippen LogP contribution in [0, 0.1) is 27.2 Å². The van der Waals surface area contributed by atoms with E-state index in [9.17, 15) is 33.4 Å². The number of nitro groups is 2. The Morgan fingerprint density at radius 3 is 2.07 bits per heavy atom. The molecule has 0 aliphatic heterocycles. The van der Waals surface area contributed by atoms with Gasteiger partial charge in [0.1, 0.15) is 6.54 Å². The summed E-state index contributed by atoms with van der Waals surface area (Å²) in [7, 11) is -3.31. The zero-order valence-corrected chi connectivity index (χ0v) is 15.6. The van der Waals surface area contributed by atoms with E-state index in [1.54, 1.807) is 0 Å². The molecule has 0 unspecified atom stereocenters. The van der Waals surface area contributed by atoms with Crippen molar-refractivity contribution in [1.29, 1.82) is 0 Å². The number of esters is 1. The summed E-state index contributed by atoms with van der Waals surface area (Å²) in [6.45, 7) is 0.784. The molecule has 148 valence electrons. The van der Waals surface area contributed by atoms with Gasteiger partial charge in [-0.15, -0.1) is 0 Å². The molecule has 0 bridgehead atoms. The van der Waals surface area contributed by atoms with Gasteiger partial charge in [-0.3, -0.25) is 29.3 Å². The number of anilines is 1. The minimum absolute atomic E-state index is 0.0852. The lowest BCUT2D eigenvalue weighted by Crippen LogP contribution is -2.36. The molecule has 0 fully saturated rings. The topological polar surface area (TPSA) is 150 Å². The molecule has 0 aliphatic carbocycles. The minimum Gasteiger partial charge on any atom is -0.468 e. The summed E-state index contributed by atoms with van der Waals surface area (Å²) in [4.78, 5) is 31.9. The fourth-order valence-electron chi connectivity index (χ4n) is 2.33. The maximum atomic E-state index is 13.1. The number of sulfonamides is 1. The van der Waals surface area contributed by atoms with E-state index in [0.29, 0.717) is 9.87 Å². The lowest BCUT2D eigenvalue weighted by molar-refractivity contribution is -0.385. The number of non-ortho nitro benzene ring substituents is 2. The minimum atomic E-state index is -4.38. The van der Waals surface area contributed by atoms with E-state index in [1.165, 1.54) is 19.1 Å². The number of hydrogen-bond donors (Lipinski definition) is 0. The Labute approximate surface area is 159 Å². The first-order valence-electron chi connectivity index (χ1n) is 7.67. The molecule has 0 saturated carbocycles. The predicted octanol–water partition coefficient (Wildman–Crippen LogP) is 2.18. The van der Waals surface area contributed by atoms with E-state index in [2.05, 4.69) is 4.74 Å². The SMILES string of the molecule is COC(=O)CN(c1cc([N+](=O)[O-])ccc1C)S(=O)(=O)c1ccc([N+](=O)[O-])cc1. The van der Waals surface area contributed by atoms with Gasteiger partial charge in [-0.05, 0) is 24.6 Å². The van der Waals surface area contributed by atoms with Gasteiger partial charge in [-0.25, -0.2) is 8.42 Å². The predicted molar refractivity (Wildman–Crippen MR) is 97.5 cm³/mol. The van der Waals surface area contributed by atoms with Crippen molar-refractivity contribution < 1.29 is 27.8 Å². The van der Waals surface area contributed by atoms with Crippen molar-refractivity contribution >= 4 is 33.1 Å². The second kappa shape index (κ2) is 8.00. The number of aryl methyl sites for hydroxylation is 1. The Kier molecular flexibility index (Phi) is 5.93. The molecule has 0 aromatic heterocycles. The van der Waals surface area contributed by atoms with Gasteiger partial charge in [-0.1, -0.05) is 6.07 Å². The molecule has 0 saturated heterocycles. The van der Waals surface area contributed by atoms with E-state index < -0.39 is 32.4 Å². The molecule has 2 rings (SSSR count). The van der Waals surface area contributed by atoms with Crippen LogP contribution >= 0.6 is 0 Å². The van der Waals surface area contributed by atoms with Crippen LogP contribution in [0.3, 0.4) is 0 Å². The van der Waals surface area contributed by atoms with Crippen LogP contribution in [0.4, 0.5) is 17.1 Å². The lowest BCUT2D eigenvalue weighted by atomic mass is 10.2. The van der Waals surface area contributed by atoms with Crippen LogP contribution in [0.1, 0.15) is 5.56 Å². The van der Waals surface area contributed by atoms with E-state index in [0.717, 1.165) is 37.4 Å². The van der Waals surface area contributed by atoms with Crippen LogP contribution in [-0.4, -0.2) is 37.9 Å². The van der Waals surface area contributed by atoms with E-state index in [4.69, 9.17) is 0 Å². The standard InChI is InChI=1S/C16H15N3O8S/c1-11-3-4-13(19(23)24)9-15(11)17(10-16(20)27-2)28(25,26)14-7-5-12(6-8-14)18(21)22/h3-9H,10H2,1-2H3. The van der Waals surface area contributed by atoms with Crippen molar-refractivity contribution in [3.05, 3.63) is 68.3 Å². The van der Waals surface area contributed by atoms with E-state index in [1.807, 2.05) is 0 Å². The van der Waals surface area contributed by atoms with Crippen molar-refractivity contribution in [2.45, 2.75) is 11.8 Å². The van der Waals surface area contributed by atoms with Crippen molar-refractivity contribution in [2.24, 2.45) is 0 Å². The van der Waals surface area contributed by atoms with Crippen LogP contribution in [0.2, 0.25) is 0 Å². The second-order valence-corrected chi connectivity index (χ2v) is 7.43. The zero-order valence-electron chi connectivity index (χ0n) is 14.8. The number of methoxy groups -OCH3 is 1. The van der Waals surface area contributed by atoms with E-state index in [-0.39, 0.29) is 22.0 Å². The summed E-state index contributed by atoms with van der Waals surface area (Å²) in [5.74, 6) is -0.892. The highest BCUT2D eigenvalue weighted by molar-refractivity contribution is 7.92. The van der Waals surface area contributed by atoms with E-state index >= 15 is 0 Å². The fourth-order valence-corrected chi connectivity index (χ4v) is 3.79. The molecule has 12 heteroatoms. The molecule has 11 nitrogen and oxygen atoms in total. The number of carbonyl (C=O) groups excluding carboxylic acids is 1. The molecular formula is C16H15N3O8S. The highest BCUT2D eigenvalue weighted by Gasteiger charge is 2.30. The van der Waals surface area contributed by atoms with Crippen molar-refractivity contribution in [3.8, 4) is 0 Å². The van der Waals surface area contributed by atoms with Crippen LogP contribution in [0.15, 0.2) is 47.4 Å². The highest BCUT2D eigenvalue weighted by atomic mass is 32.2. The van der Waals surface area contributed by atoms with Gasteiger partial charge in [0.05, 0.1) is 27.5 Å². The maximum Gasteiger partial charge on any atom is 0.326 e. The lowest BCUT2D eigenvalue weighted by Gasteiger charge is -2.24. The van der Waals surface area contributed by atoms with Gasteiger partial charge in [0.25, 0.3) is 21.4 Å². The number of rotatable bonds is 7. The second-order valence-electron chi connectivity index (χ2n) is 5.57. The normalized spacial score (nSPS) is 10.9. The Hall–Kier alpha value is -3.54. The number of hydrogen-bond acceptors (Lipinski definition) is 8. The summed E-state index contributed by atoms with van der Waals surface area (Å²) in [5.41, 5.74) is -0.405. The van der Waals surface area contributed by atoms with Gasteiger partial charge >= 0.3 is 5.97 Å². The average molecular weight is 409 g/mol. The molecule has 0 spiro atoms. The van der Waals surface area contributed by atoms with Crippen LogP contribution in [0.5, 0.6) is 0 Å². The number of benzene rings is 2. The van der Waals surface area contributed by atoms with Gasteiger partial charge in [0, 0.05) is 24.3 Å². The quantitative estimate of drug-likeness (QED) is 0.383. The molecule has 0 N–H and O–H groups in total. The Balaban J connectivity index is 2.62. The molecule has 0 atom stereocenters.